The number of imidazole rings is 3. The third-order valence-corrected chi connectivity index (χ3v) is 14.8. The van der Waals surface area contributed by atoms with Crippen LogP contribution in [0.25, 0.3) is 28.1 Å². The Bertz CT molecular complexity index is 3080. The van der Waals surface area contributed by atoms with Crippen LogP contribution in [0.4, 0.5) is 15.9 Å². The Morgan fingerprint density at radius 1 is 1.01 bits per heavy atom. The summed E-state index contributed by atoms with van der Waals surface area (Å²) in [6, 6.07) is 16.5. The molecule has 7 heterocycles. The van der Waals surface area contributed by atoms with E-state index in [9.17, 15) is 34.7 Å². The normalized spacial score (nSPS) is 23.2. The fourth-order valence-electron chi connectivity index (χ4n) is 8.20. The van der Waals surface area contributed by atoms with Crippen molar-refractivity contribution < 1.29 is 61.0 Å². The van der Waals surface area contributed by atoms with Crippen LogP contribution in [-0.4, -0.2) is 121 Å². The minimum absolute atomic E-state index is 0.0300. The zero-order valence-corrected chi connectivity index (χ0v) is 39.5. The number of nitro benzene ring substituents is 1. The van der Waals surface area contributed by atoms with E-state index >= 15 is 4.39 Å². The average molecular weight is 1020 g/mol. The van der Waals surface area contributed by atoms with Crippen LogP contribution in [0.2, 0.25) is 0 Å². The Balaban J connectivity index is 0.932. The zero-order chi connectivity index (χ0) is 49.1. The summed E-state index contributed by atoms with van der Waals surface area (Å²) in [5, 5.41) is 33.8. The number of amides is 1. The Hall–Kier alpha value is -6.14. The average Bonchev–Trinajstić information content (AvgIpc) is 4.20. The van der Waals surface area contributed by atoms with Crippen LogP contribution in [0.1, 0.15) is 41.7 Å². The first kappa shape index (κ1) is 48.9. The van der Waals surface area contributed by atoms with Crippen LogP contribution < -0.4 is 10.1 Å². The number of hydrogen-bond donors (Lipinski definition) is 4. The molecule has 9 rings (SSSR count). The second-order valence-electron chi connectivity index (χ2n) is 15.9. The van der Waals surface area contributed by atoms with Crippen molar-refractivity contribution >= 4 is 73.2 Å². The number of nitrogens with one attached hydrogen (secondary N) is 1. The first-order chi connectivity index (χ1) is 33.9. The van der Waals surface area contributed by atoms with Crippen LogP contribution >= 0.6 is 27.6 Å². The quantitative estimate of drug-likeness (QED) is 0.0259. The molecule has 25 nitrogen and oxygen atoms in total. The molecule has 0 aliphatic carbocycles. The molecule has 368 valence electrons. The number of fused-ring (bicyclic) bond motifs is 4. The van der Waals surface area contributed by atoms with Gasteiger partial charge in [0.2, 0.25) is 0 Å². The third-order valence-electron chi connectivity index (χ3n) is 11.5. The van der Waals surface area contributed by atoms with Gasteiger partial charge in [0.25, 0.3) is 5.69 Å². The molecular formula is C41H43FN12O13P2S. The summed E-state index contributed by atoms with van der Waals surface area (Å²) in [6.07, 6.45) is -2.18. The van der Waals surface area contributed by atoms with Crippen molar-refractivity contribution in [1.29, 1.82) is 5.26 Å². The summed E-state index contributed by atoms with van der Waals surface area (Å²) in [5.74, 6) is -0.602. The number of aliphatic hydroxyl groups is 1. The first-order valence-electron chi connectivity index (χ1n) is 21.5. The molecule has 2 aliphatic rings. The van der Waals surface area contributed by atoms with Crippen molar-refractivity contribution in [3.05, 3.63) is 107 Å². The number of carbonyl (C=O) groups excluding carboxylic acids is 1. The zero-order valence-electron chi connectivity index (χ0n) is 36.6. The fourth-order valence-corrected chi connectivity index (χ4v) is 11.2. The predicted molar refractivity (Wildman–Crippen MR) is 248 cm³/mol. The maximum atomic E-state index is 16.5. The molecule has 1 amide bonds. The van der Waals surface area contributed by atoms with Gasteiger partial charge in [-0.3, -0.25) is 10.1 Å². The predicted octanol–water partition coefficient (Wildman–Crippen LogP) is 4.90. The Kier molecular flexibility index (Phi) is 14.7. The van der Waals surface area contributed by atoms with E-state index in [4.69, 9.17) is 44.6 Å². The van der Waals surface area contributed by atoms with Gasteiger partial charge in [-0.2, -0.15) is 0 Å². The summed E-state index contributed by atoms with van der Waals surface area (Å²) >= 11 is 4.74. The van der Waals surface area contributed by atoms with Gasteiger partial charge in [-0.25, -0.2) is 0 Å². The molecular weight excluding hydrogens is 982 g/mol. The number of ether oxygens (including phenoxy) is 3. The third kappa shape index (κ3) is 10.1. The second-order valence-corrected chi connectivity index (χ2v) is 20.1. The standard InChI is InChI=1S/C41H43FN12O13P2S/c1-23-32(27(18-55)64-39(23)53-22-48-31-37(50-41-44-14-15-51(41)38(31)53)61-17-12-24-8-10-26(11-9-24)54(57)58)67-69(70,62-16-5-13-43)63-19-28-33(66-68(59)60)29(42)40(65-28)52-21-47-30-34(45-20-46-35(30)52)49-36(56)25-6-3-2-4-7-25/h2-4,6-11,14-15,20-23,27-29,32-33,39-40,55,68-70H,5,12,16-19H2,1H3,(H,59,60)(H,45,46,49,56)/t23-,27-,28-,29-,32+,33-,39-,40-/m1/s1. The van der Waals surface area contributed by atoms with Crippen molar-refractivity contribution in [1.82, 2.24) is 43.4 Å². The monoisotopic (exact) mass is 1020 g/mol. The van der Waals surface area contributed by atoms with Gasteiger partial charge in [-0.15, -0.1) is 0 Å². The maximum absolute atomic E-state index is 16.5. The molecule has 0 saturated carbocycles. The molecule has 5 aromatic heterocycles. The number of carbonyl (C=O) groups is 1. The number of halogens is 1. The van der Waals surface area contributed by atoms with E-state index in [-0.39, 0.29) is 54.0 Å². The van der Waals surface area contributed by atoms with Gasteiger partial charge in [0.15, 0.2) is 0 Å². The van der Waals surface area contributed by atoms with Crippen LogP contribution in [0, 0.1) is 27.4 Å². The molecule has 2 saturated heterocycles. The summed E-state index contributed by atoms with van der Waals surface area (Å²) in [4.78, 5) is 59.6. The number of anilines is 1. The number of thiol groups is 1. The SMILES string of the molecule is C[C@@H]1[C@H](O[PH](S)(OCCC#N)OC[C@H]2O[C@@H](n3cnc4c(NC(=O)c5ccccc5)ncnc43)[C@H](F)[C@@H]2O[PH](=O)O)[C@@H](CO)O[C@H]1n1cnc2c(OCCc3ccc([N+](=O)[O-])cc3)nc3nccn3c21. The van der Waals surface area contributed by atoms with Gasteiger partial charge in [0.05, 0.1) is 4.92 Å². The minimum atomic E-state index is -4.28. The summed E-state index contributed by atoms with van der Waals surface area (Å²) in [5.41, 5.74) is 2.11. The number of nitrogens with zero attached hydrogens (tertiary/aromatic N) is 11. The van der Waals surface area contributed by atoms with Crippen LogP contribution in [0.15, 0.2) is 86.0 Å². The number of alkyl halides is 1. The van der Waals surface area contributed by atoms with E-state index in [0.29, 0.717) is 23.1 Å². The Labute approximate surface area is 401 Å². The fraction of sp³-hybridized carbons (Fsp3) is 0.366. The molecule has 2 aliphatic heterocycles. The van der Waals surface area contributed by atoms with E-state index in [2.05, 4.69) is 35.2 Å². The van der Waals surface area contributed by atoms with Crippen molar-refractivity contribution in [2.24, 2.45) is 5.92 Å². The molecule has 0 bridgehead atoms. The van der Waals surface area contributed by atoms with Crippen molar-refractivity contribution in [2.45, 2.75) is 62.8 Å². The summed E-state index contributed by atoms with van der Waals surface area (Å²) < 4.78 is 75.8. The first-order valence-corrected chi connectivity index (χ1v) is 25.7. The molecule has 3 N–H and O–H groups in total. The molecule has 7 aromatic rings. The second kappa shape index (κ2) is 21.1. The number of aliphatic hydroxyl groups excluding tert-OH is 1. The van der Waals surface area contributed by atoms with E-state index in [1.807, 2.05) is 6.07 Å². The van der Waals surface area contributed by atoms with Gasteiger partial charge in [-0.1, -0.05) is 30.3 Å². The van der Waals surface area contributed by atoms with Gasteiger partial charge in [0, 0.05) is 12.1 Å². The molecule has 2 fully saturated rings. The number of nitro groups is 1. The number of rotatable bonds is 20. The van der Waals surface area contributed by atoms with Crippen molar-refractivity contribution in [3.8, 4) is 11.9 Å². The molecule has 0 spiro atoms. The van der Waals surface area contributed by atoms with Crippen molar-refractivity contribution in [2.75, 3.05) is 31.7 Å². The Morgan fingerprint density at radius 3 is 2.51 bits per heavy atom. The van der Waals surface area contributed by atoms with Gasteiger partial charge in [0.1, 0.15) is 0 Å². The van der Waals surface area contributed by atoms with Crippen molar-refractivity contribution in [3.63, 3.8) is 0 Å². The topological polar surface area (TPSA) is 310 Å². The molecule has 70 heavy (non-hydrogen) atoms. The number of nitriles is 1. The number of aromatic nitrogens is 9. The number of benzene rings is 2. The van der Waals surface area contributed by atoms with Gasteiger partial charge in [-0.05, 0) is 12.1 Å². The number of hydrogen-bond acceptors (Lipinski definition) is 20. The molecule has 29 heteroatoms. The van der Waals surface area contributed by atoms with Gasteiger partial charge < -0.3 is 0 Å². The molecule has 1 unspecified atom stereocenters. The van der Waals surface area contributed by atoms with E-state index in [0.717, 1.165) is 11.9 Å². The summed E-state index contributed by atoms with van der Waals surface area (Å²) in [6.45, 7) is 0.631. The molecule has 2 aromatic carbocycles. The van der Waals surface area contributed by atoms with Crippen LogP contribution in [-0.2, 0) is 38.6 Å². The van der Waals surface area contributed by atoms with Crippen LogP contribution in [0.5, 0.6) is 5.88 Å². The van der Waals surface area contributed by atoms with E-state index in [1.54, 1.807) is 70.7 Å². The van der Waals surface area contributed by atoms with E-state index in [1.165, 1.54) is 29.4 Å². The Morgan fingerprint density at radius 2 is 1.77 bits per heavy atom. The van der Waals surface area contributed by atoms with Crippen LogP contribution in [0.3, 0.4) is 0 Å². The molecule has 0 radical (unpaired) electrons. The number of non-ortho nitro benzene ring substituents is 1. The van der Waals surface area contributed by atoms with E-state index < -0.39 is 88.4 Å². The molecule has 9 atom stereocenters. The van der Waals surface area contributed by atoms with Gasteiger partial charge >= 0.3 is 327 Å². The summed E-state index contributed by atoms with van der Waals surface area (Å²) in [7, 11) is -8.04.